The monoisotopic (exact) mass is 329 g/mol. The number of phenols is 1. The summed E-state index contributed by atoms with van der Waals surface area (Å²) in [5.41, 5.74) is 1.80. The first-order valence-corrected chi connectivity index (χ1v) is 6.39. The normalized spacial score (nSPS) is 17.9. The predicted octanol–water partition coefficient (Wildman–Crippen LogP) is 3.41. The fourth-order valence-electron chi connectivity index (χ4n) is 2.29. The molecule has 2 N–H and O–H groups in total. The van der Waals surface area contributed by atoms with E-state index in [2.05, 4.69) is 11.4 Å². The number of fused-ring (bicyclic) bond motifs is 1. The van der Waals surface area contributed by atoms with Gasteiger partial charge in [0.25, 0.3) is 0 Å². The maximum atomic E-state index is 13.8. The fraction of sp³-hybridized carbons (Fsp3) is 0.231. The Morgan fingerprint density at radius 3 is 3.00 bits per heavy atom. The minimum absolute atomic E-state index is 0. The van der Waals surface area contributed by atoms with Gasteiger partial charge >= 0.3 is 0 Å². The maximum absolute atomic E-state index is 13.8. The van der Waals surface area contributed by atoms with E-state index in [0.29, 0.717) is 12.1 Å². The van der Waals surface area contributed by atoms with Crippen molar-refractivity contribution in [3.05, 3.63) is 51.5 Å². The van der Waals surface area contributed by atoms with E-state index < -0.39 is 0 Å². The molecule has 0 fully saturated rings. The van der Waals surface area contributed by atoms with Crippen molar-refractivity contribution in [3.8, 4) is 5.75 Å². The summed E-state index contributed by atoms with van der Waals surface area (Å²) in [7, 11) is 0. The lowest BCUT2D eigenvalue weighted by atomic mass is 9.92. The number of aromatic hydroxyl groups is 1. The first-order valence-electron chi connectivity index (χ1n) is 5.51. The fourth-order valence-corrected chi connectivity index (χ4v) is 3.34. The van der Waals surface area contributed by atoms with Gasteiger partial charge in [0.1, 0.15) is 11.6 Å². The third kappa shape index (κ3) is 2.30. The van der Waals surface area contributed by atoms with Crippen molar-refractivity contribution in [2.75, 3.05) is 6.54 Å². The molecule has 1 aromatic carbocycles. The number of hydrogen-bond acceptors (Lipinski definition) is 3. The van der Waals surface area contributed by atoms with Crippen LogP contribution in [0.15, 0.2) is 29.6 Å². The SMILES string of the molecule is Br.Oc1ccc(F)c(C2CNCc3ccsc32)c1. The largest absolute Gasteiger partial charge is 0.508 e. The highest BCUT2D eigenvalue weighted by Gasteiger charge is 2.25. The van der Waals surface area contributed by atoms with Crippen LogP contribution in [-0.4, -0.2) is 11.7 Å². The van der Waals surface area contributed by atoms with Crippen LogP contribution in [0.2, 0.25) is 0 Å². The van der Waals surface area contributed by atoms with Gasteiger partial charge in [0.15, 0.2) is 0 Å². The molecule has 1 aliphatic heterocycles. The summed E-state index contributed by atoms with van der Waals surface area (Å²) in [4.78, 5) is 1.20. The summed E-state index contributed by atoms with van der Waals surface area (Å²) >= 11 is 1.65. The molecule has 0 bridgehead atoms. The molecule has 1 aromatic heterocycles. The van der Waals surface area contributed by atoms with E-state index in [1.54, 1.807) is 11.3 Å². The highest BCUT2D eigenvalue weighted by Crippen LogP contribution is 2.36. The van der Waals surface area contributed by atoms with Crippen molar-refractivity contribution < 1.29 is 9.50 Å². The van der Waals surface area contributed by atoms with E-state index in [-0.39, 0.29) is 34.5 Å². The molecule has 1 aliphatic rings. The van der Waals surface area contributed by atoms with Gasteiger partial charge in [0.05, 0.1) is 0 Å². The molecule has 0 radical (unpaired) electrons. The van der Waals surface area contributed by atoms with Crippen LogP contribution in [0.5, 0.6) is 5.75 Å². The van der Waals surface area contributed by atoms with Gasteiger partial charge < -0.3 is 10.4 Å². The van der Waals surface area contributed by atoms with E-state index in [1.165, 1.54) is 28.6 Å². The van der Waals surface area contributed by atoms with Crippen LogP contribution >= 0.6 is 28.3 Å². The highest BCUT2D eigenvalue weighted by atomic mass is 79.9. The number of nitrogens with one attached hydrogen (secondary N) is 1. The van der Waals surface area contributed by atoms with Gasteiger partial charge in [-0.3, -0.25) is 0 Å². The van der Waals surface area contributed by atoms with Gasteiger partial charge in [0.2, 0.25) is 0 Å². The molecule has 18 heavy (non-hydrogen) atoms. The number of rotatable bonds is 1. The van der Waals surface area contributed by atoms with Gasteiger partial charge in [0, 0.05) is 29.4 Å². The van der Waals surface area contributed by atoms with Crippen LogP contribution in [0.4, 0.5) is 4.39 Å². The zero-order valence-corrected chi connectivity index (χ0v) is 12.0. The second-order valence-corrected chi connectivity index (χ2v) is 5.15. The smallest absolute Gasteiger partial charge is 0.127 e. The average Bonchev–Trinajstić information content (AvgIpc) is 2.80. The summed E-state index contributed by atoms with van der Waals surface area (Å²) in [6.07, 6.45) is 0. The maximum Gasteiger partial charge on any atom is 0.127 e. The molecule has 2 aromatic rings. The van der Waals surface area contributed by atoms with Gasteiger partial charge in [-0.05, 0) is 35.2 Å². The van der Waals surface area contributed by atoms with Gasteiger partial charge in [-0.15, -0.1) is 28.3 Å². The number of hydrogen-bond donors (Lipinski definition) is 2. The minimum atomic E-state index is -0.254. The summed E-state index contributed by atoms with van der Waals surface area (Å²) in [6, 6.07) is 6.30. The number of thiophene rings is 1. The van der Waals surface area contributed by atoms with E-state index >= 15 is 0 Å². The zero-order valence-electron chi connectivity index (χ0n) is 9.52. The zero-order chi connectivity index (χ0) is 11.8. The lowest BCUT2D eigenvalue weighted by Gasteiger charge is -2.24. The van der Waals surface area contributed by atoms with Crippen LogP contribution in [0, 0.1) is 5.82 Å². The Kier molecular flexibility index (Phi) is 4.04. The van der Waals surface area contributed by atoms with Crippen molar-refractivity contribution in [1.82, 2.24) is 5.32 Å². The summed E-state index contributed by atoms with van der Waals surface area (Å²) in [5.74, 6) is -0.133. The summed E-state index contributed by atoms with van der Waals surface area (Å²) in [6.45, 7) is 1.56. The molecule has 0 spiro atoms. The Bertz CT molecular complexity index is 558. The molecule has 5 heteroatoms. The second kappa shape index (κ2) is 5.38. The number of halogens is 2. The number of benzene rings is 1. The Balaban J connectivity index is 0.00000120. The molecular weight excluding hydrogens is 317 g/mol. The molecule has 1 unspecified atom stereocenters. The molecule has 2 heterocycles. The Morgan fingerprint density at radius 2 is 2.17 bits per heavy atom. The van der Waals surface area contributed by atoms with E-state index in [9.17, 15) is 9.50 Å². The quantitative estimate of drug-likeness (QED) is 0.840. The van der Waals surface area contributed by atoms with Crippen molar-refractivity contribution in [2.24, 2.45) is 0 Å². The molecule has 0 aliphatic carbocycles. The second-order valence-electron chi connectivity index (χ2n) is 4.20. The van der Waals surface area contributed by atoms with Gasteiger partial charge in [-0.25, -0.2) is 4.39 Å². The molecule has 0 amide bonds. The first-order chi connectivity index (χ1) is 8.25. The first kappa shape index (κ1) is 13.5. The van der Waals surface area contributed by atoms with Crippen LogP contribution in [0.3, 0.4) is 0 Å². The molecular formula is C13H13BrFNOS. The third-order valence-electron chi connectivity index (χ3n) is 3.12. The number of phenolic OH excluding ortho intramolecular Hbond substituents is 1. The molecule has 1 atom stereocenters. The van der Waals surface area contributed by atoms with E-state index in [4.69, 9.17) is 0 Å². The Morgan fingerprint density at radius 1 is 1.33 bits per heavy atom. The van der Waals surface area contributed by atoms with Crippen LogP contribution in [0.1, 0.15) is 21.9 Å². The third-order valence-corrected chi connectivity index (χ3v) is 4.19. The van der Waals surface area contributed by atoms with Crippen molar-refractivity contribution in [3.63, 3.8) is 0 Å². The summed E-state index contributed by atoms with van der Waals surface area (Å²) in [5, 5.41) is 14.8. The van der Waals surface area contributed by atoms with Crippen molar-refractivity contribution >= 4 is 28.3 Å². The average molecular weight is 330 g/mol. The van der Waals surface area contributed by atoms with Gasteiger partial charge in [-0.2, -0.15) is 0 Å². The van der Waals surface area contributed by atoms with Gasteiger partial charge in [-0.1, -0.05) is 0 Å². The van der Waals surface area contributed by atoms with Crippen molar-refractivity contribution in [2.45, 2.75) is 12.5 Å². The predicted molar refractivity (Wildman–Crippen MR) is 76.3 cm³/mol. The topological polar surface area (TPSA) is 32.3 Å². The van der Waals surface area contributed by atoms with Crippen LogP contribution in [0.25, 0.3) is 0 Å². The van der Waals surface area contributed by atoms with Crippen molar-refractivity contribution in [1.29, 1.82) is 0 Å². The lowest BCUT2D eigenvalue weighted by Crippen LogP contribution is -2.27. The Hall–Kier alpha value is -0.910. The highest BCUT2D eigenvalue weighted by molar-refractivity contribution is 8.93. The molecule has 0 saturated carbocycles. The van der Waals surface area contributed by atoms with E-state index in [1.807, 2.05) is 5.38 Å². The van der Waals surface area contributed by atoms with E-state index in [0.717, 1.165) is 6.54 Å². The standard InChI is InChI=1S/C13H12FNOS.BrH/c14-12-2-1-9(16)5-10(12)11-7-15-6-8-3-4-17-13(8)11;/h1-5,11,15-16H,6-7H2;1H. The molecule has 2 nitrogen and oxygen atoms in total. The van der Waals surface area contributed by atoms with Crippen LogP contribution in [-0.2, 0) is 6.54 Å². The minimum Gasteiger partial charge on any atom is -0.508 e. The molecule has 96 valence electrons. The van der Waals surface area contributed by atoms with Crippen LogP contribution < -0.4 is 5.32 Å². The lowest BCUT2D eigenvalue weighted by molar-refractivity contribution is 0.469. The Labute approximate surface area is 119 Å². The molecule has 3 rings (SSSR count). The molecule has 0 saturated heterocycles. The summed E-state index contributed by atoms with van der Waals surface area (Å²) < 4.78 is 13.8.